The van der Waals surface area contributed by atoms with Gasteiger partial charge < -0.3 is 10.6 Å². The first-order valence-corrected chi connectivity index (χ1v) is 6.60. The van der Waals surface area contributed by atoms with E-state index in [-0.39, 0.29) is 11.7 Å². The van der Waals surface area contributed by atoms with Crippen molar-refractivity contribution in [2.24, 2.45) is 0 Å². The molecular formula is C14H20FN3O. The van der Waals surface area contributed by atoms with E-state index >= 15 is 0 Å². The van der Waals surface area contributed by atoms with Crippen LogP contribution in [-0.4, -0.2) is 43.0 Å². The summed E-state index contributed by atoms with van der Waals surface area (Å²) in [5, 5.41) is 6.20. The standard InChI is InChI=1S/C14H20FN3O/c1-11-9-18(7-6-16-11)10-14(19)17-8-12-2-4-13(15)5-3-12/h2-5,11,16H,6-10H2,1H3,(H,17,19)/t11-/m1/s1. The van der Waals surface area contributed by atoms with Crippen LogP contribution in [-0.2, 0) is 11.3 Å². The Morgan fingerprint density at radius 2 is 2.21 bits per heavy atom. The van der Waals surface area contributed by atoms with E-state index in [4.69, 9.17) is 0 Å². The number of hydrogen-bond donors (Lipinski definition) is 2. The molecule has 1 atom stereocenters. The number of piperazine rings is 1. The Morgan fingerprint density at radius 3 is 2.89 bits per heavy atom. The van der Waals surface area contributed by atoms with Crippen molar-refractivity contribution in [2.45, 2.75) is 19.5 Å². The van der Waals surface area contributed by atoms with Gasteiger partial charge in [0.1, 0.15) is 5.82 Å². The number of amides is 1. The maximum Gasteiger partial charge on any atom is 0.234 e. The third-order valence-corrected chi connectivity index (χ3v) is 3.22. The number of benzene rings is 1. The van der Waals surface area contributed by atoms with Crippen LogP contribution < -0.4 is 10.6 Å². The quantitative estimate of drug-likeness (QED) is 0.844. The van der Waals surface area contributed by atoms with Gasteiger partial charge in [0.15, 0.2) is 0 Å². The van der Waals surface area contributed by atoms with E-state index in [1.165, 1.54) is 12.1 Å². The van der Waals surface area contributed by atoms with Gasteiger partial charge in [-0.1, -0.05) is 12.1 Å². The van der Waals surface area contributed by atoms with E-state index in [1.807, 2.05) is 0 Å². The first-order valence-electron chi connectivity index (χ1n) is 6.60. The zero-order chi connectivity index (χ0) is 13.7. The molecule has 1 aliphatic heterocycles. The van der Waals surface area contributed by atoms with Crippen LogP contribution in [0.4, 0.5) is 4.39 Å². The van der Waals surface area contributed by atoms with Gasteiger partial charge in [0.05, 0.1) is 6.54 Å². The molecule has 0 aliphatic carbocycles. The summed E-state index contributed by atoms with van der Waals surface area (Å²) in [6, 6.07) is 6.60. The monoisotopic (exact) mass is 265 g/mol. The second kappa shape index (κ2) is 6.63. The van der Waals surface area contributed by atoms with Crippen molar-refractivity contribution in [1.82, 2.24) is 15.5 Å². The second-order valence-electron chi connectivity index (χ2n) is 4.99. The summed E-state index contributed by atoms with van der Waals surface area (Å²) in [7, 11) is 0. The Labute approximate surface area is 113 Å². The van der Waals surface area contributed by atoms with Gasteiger partial charge in [-0.15, -0.1) is 0 Å². The van der Waals surface area contributed by atoms with Crippen LogP contribution >= 0.6 is 0 Å². The summed E-state index contributed by atoms with van der Waals surface area (Å²) in [6.45, 7) is 5.70. The lowest BCUT2D eigenvalue weighted by molar-refractivity contribution is -0.122. The minimum Gasteiger partial charge on any atom is -0.351 e. The molecule has 1 aliphatic rings. The molecule has 4 nitrogen and oxygen atoms in total. The zero-order valence-corrected chi connectivity index (χ0v) is 11.2. The molecule has 2 N–H and O–H groups in total. The summed E-state index contributed by atoms with van der Waals surface area (Å²) in [4.78, 5) is 14.0. The van der Waals surface area contributed by atoms with Crippen molar-refractivity contribution in [3.8, 4) is 0 Å². The van der Waals surface area contributed by atoms with Crippen LogP contribution in [0.5, 0.6) is 0 Å². The van der Waals surface area contributed by atoms with Crippen molar-refractivity contribution in [2.75, 3.05) is 26.2 Å². The van der Waals surface area contributed by atoms with E-state index in [0.717, 1.165) is 25.2 Å². The lowest BCUT2D eigenvalue weighted by Crippen LogP contribution is -2.51. The highest BCUT2D eigenvalue weighted by Gasteiger charge is 2.17. The van der Waals surface area contributed by atoms with Gasteiger partial charge in [-0.25, -0.2) is 4.39 Å². The van der Waals surface area contributed by atoms with Crippen LogP contribution in [0.1, 0.15) is 12.5 Å². The predicted octanol–water partition coefficient (Wildman–Crippen LogP) is 0.736. The van der Waals surface area contributed by atoms with Crippen LogP contribution in [0, 0.1) is 5.82 Å². The number of nitrogens with one attached hydrogen (secondary N) is 2. The Balaban J connectivity index is 1.73. The fourth-order valence-corrected chi connectivity index (χ4v) is 2.22. The molecule has 19 heavy (non-hydrogen) atoms. The summed E-state index contributed by atoms with van der Waals surface area (Å²) in [5.74, 6) is -0.247. The number of carbonyl (C=O) groups is 1. The molecule has 5 heteroatoms. The smallest absolute Gasteiger partial charge is 0.234 e. The average molecular weight is 265 g/mol. The van der Waals surface area contributed by atoms with Gasteiger partial charge in [0, 0.05) is 32.2 Å². The Bertz CT molecular complexity index is 421. The van der Waals surface area contributed by atoms with E-state index in [0.29, 0.717) is 19.1 Å². The van der Waals surface area contributed by atoms with Gasteiger partial charge >= 0.3 is 0 Å². The van der Waals surface area contributed by atoms with Crippen molar-refractivity contribution in [3.05, 3.63) is 35.6 Å². The van der Waals surface area contributed by atoms with Gasteiger partial charge in [-0.2, -0.15) is 0 Å². The summed E-state index contributed by atoms with van der Waals surface area (Å²) >= 11 is 0. The Morgan fingerprint density at radius 1 is 1.47 bits per heavy atom. The number of rotatable bonds is 4. The lowest BCUT2D eigenvalue weighted by Gasteiger charge is -2.31. The molecule has 1 saturated heterocycles. The SMILES string of the molecule is C[C@@H]1CN(CC(=O)NCc2ccc(F)cc2)CCN1. The maximum absolute atomic E-state index is 12.7. The second-order valence-corrected chi connectivity index (χ2v) is 4.99. The molecule has 0 aromatic heterocycles. The predicted molar refractivity (Wildman–Crippen MR) is 72.2 cm³/mol. The molecule has 0 unspecified atom stereocenters. The number of nitrogens with zero attached hydrogens (tertiary/aromatic N) is 1. The third kappa shape index (κ3) is 4.61. The van der Waals surface area contributed by atoms with Gasteiger partial charge in [-0.05, 0) is 24.6 Å². The highest BCUT2D eigenvalue weighted by Crippen LogP contribution is 2.02. The van der Waals surface area contributed by atoms with Gasteiger partial charge in [0.2, 0.25) is 5.91 Å². The Kier molecular flexibility index (Phi) is 4.87. The third-order valence-electron chi connectivity index (χ3n) is 3.22. The average Bonchev–Trinajstić information content (AvgIpc) is 2.38. The van der Waals surface area contributed by atoms with E-state index in [2.05, 4.69) is 22.5 Å². The number of carbonyl (C=O) groups excluding carboxylic acids is 1. The molecule has 1 heterocycles. The maximum atomic E-state index is 12.7. The molecule has 0 radical (unpaired) electrons. The van der Waals surface area contributed by atoms with E-state index in [1.54, 1.807) is 12.1 Å². The van der Waals surface area contributed by atoms with Crippen LogP contribution in [0.15, 0.2) is 24.3 Å². The van der Waals surface area contributed by atoms with Crippen molar-refractivity contribution in [1.29, 1.82) is 0 Å². The van der Waals surface area contributed by atoms with Crippen LogP contribution in [0.3, 0.4) is 0 Å². The highest BCUT2D eigenvalue weighted by atomic mass is 19.1. The molecule has 104 valence electrons. The van der Waals surface area contributed by atoms with Crippen molar-refractivity contribution in [3.63, 3.8) is 0 Å². The zero-order valence-electron chi connectivity index (χ0n) is 11.2. The first-order chi connectivity index (χ1) is 9.13. The highest BCUT2D eigenvalue weighted by molar-refractivity contribution is 5.78. The largest absolute Gasteiger partial charge is 0.351 e. The Hall–Kier alpha value is -1.46. The van der Waals surface area contributed by atoms with Crippen molar-refractivity contribution < 1.29 is 9.18 Å². The van der Waals surface area contributed by atoms with E-state index in [9.17, 15) is 9.18 Å². The molecule has 1 aromatic rings. The molecule has 0 saturated carbocycles. The fraction of sp³-hybridized carbons (Fsp3) is 0.500. The molecular weight excluding hydrogens is 245 g/mol. The molecule has 1 amide bonds. The minimum absolute atomic E-state index is 0.0124. The van der Waals surface area contributed by atoms with Gasteiger partial charge in [-0.3, -0.25) is 9.69 Å². The summed E-state index contributed by atoms with van der Waals surface area (Å²) in [6.07, 6.45) is 0. The van der Waals surface area contributed by atoms with Gasteiger partial charge in [0.25, 0.3) is 0 Å². The fourth-order valence-electron chi connectivity index (χ4n) is 2.22. The normalized spacial score (nSPS) is 20.2. The van der Waals surface area contributed by atoms with Crippen LogP contribution in [0.2, 0.25) is 0 Å². The topological polar surface area (TPSA) is 44.4 Å². The molecule has 0 spiro atoms. The molecule has 1 fully saturated rings. The van der Waals surface area contributed by atoms with Crippen LogP contribution in [0.25, 0.3) is 0 Å². The molecule has 2 rings (SSSR count). The summed E-state index contributed by atoms with van der Waals surface area (Å²) in [5.41, 5.74) is 0.906. The molecule has 0 bridgehead atoms. The van der Waals surface area contributed by atoms with Crippen molar-refractivity contribution >= 4 is 5.91 Å². The summed E-state index contributed by atoms with van der Waals surface area (Å²) < 4.78 is 12.7. The minimum atomic E-state index is -0.259. The molecule has 1 aromatic carbocycles. The van der Waals surface area contributed by atoms with E-state index < -0.39 is 0 Å². The lowest BCUT2D eigenvalue weighted by atomic mass is 10.2. The number of hydrogen-bond acceptors (Lipinski definition) is 3. The first kappa shape index (κ1) is 14.0. The number of halogens is 1.